The van der Waals surface area contributed by atoms with Gasteiger partial charge in [-0.05, 0) is 12.1 Å². The summed E-state index contributed by atoms with van der Waals surface area (Å²) in [5.74, 6) is -0.381. The SMILES string of the molecule is COC(=O)c1ccc(=S=O)sc1. The molecule has 0 atom stereocenters. The van der Waals surface area contributed by atoms with Gasteiger partial charge in [0.05, 0.1) is 12.7 Å². The maximum atomic E-state index is 10.9. The average molecular weight is 202 g/mol. The van der Waals surface area contributed by atoms with Crippen LogP contribution in [0.4, 0.5) is 0 Å². The van der Waals surface area contributed by atoms with Crippen LogP contribution in [0.1, 0.15) is 10.4 Å². The average Bonchev–Trinajstić information content (AvgIpc) is 2.17. The third kappa shape index (κ3) is 2.02. The molecule has 0 saturated heterocycles. The Morgan fingerprint density at radius 2 is 2.33 bits per heavy atom. The molecule has 0 amide bonds. The maximum Gasteiger partial charge on any atom is 0.338 e. The lowest BCUT2D eigenvalue weighted by Crippen LogP contribution is -1.99. The van der Waals surface area contributed by atoms with Gasteiger partial charge in [0.1, 0.15) is 15.1 Å². The van der Waals surface area contributed by atoms with Crippen molar-refractivity contribution in [3.05, 3.63) is 26.9 Å². The monoisotopic (exact) mass is 202 g/mol. The molecule has 0 saturated carbocycles. The van der Waals surface area contributed by atoms with Crippen molar-refractivity contribution >= 4 is 28.6 Å². The molecule has 1 aromatic rings. The van der Waals surface area contributed by atoms with Gasteiger partial charge in [0.25, 0.3) is 0 Å². The molecule has 0 unspecified atom stereocenters. The Morgan fingerprint density at radius 1 is 1.58 bits per heavy atom. The minimum atomic E-state index is -0.381. The van der Waals surface area contributed by atoms with Crippen LogP contribution >= 0.6 is 11.3 Å². The first kappa shape index (κ1) is 9.15. The highest BCUT2D eigenvalue weighted by molar-refractivity contribution is 7.59. The van der Waals surface area contributed by atoms with E-state index in [0.29, 0.717) is 20.6 Å². The lowest BCUT2D eigenvalue weighted by atomic mass is 10.3. The van der Waals surface area contributed by atoms with Crippen LogP contribution < -0.4 is 0 Å². The third-order valence-corrected chi connectivity index (χ3v) is 2.74. The van der Waals surface area contributed by atoms with Gasteiger partial charge in [-0.2, -0.15) is 0 Å². The Kier molecular flexibility index (Phi) is 3.19. The highest BCUT2D eigenvalue weighted by atomic mass is 32.2. The van der Waals surface area contributed by atoms with Crippen molar-refractivity contribution < 1.29 is 13.7 Å². The molecule has 0 N–H and O–H groups in total. The second-order valence-electron chi connectivity index (χ2n) is 1.92. The van der Waals surface area contributed by atoms with Gasteiger partial charge >= 0.3 is 5.97 Å². The highest BCUT2D eigenvalue weighted by Crippen LogP contribution is 2.05. The van der Waals surface area contributed by atoms with Crippen molar-refractivity contribution in [2.45, 2.75) is 0 Å². The van der Waals surface area contributed by atoms with E-state index in [9.17, 15) is 9.00 Å². The minimum absolute atomic E-state index is 0.381. The van der Waals surface area contributed by atoms with Crippen molar-refractivity contribution in [1.29, 1.82) is 0 Å². The zero-order valence-electron chi connectivity index (χ0n) is 6.27. The van der Waals surface area contributed by atoms with E-state index < -0.39 is 0 Å². The summed E-state index contributed by atoms with van der Waals surface area (Å²) in [6, 6.07) is 3.18. The quantitative estimate of drug-likeness (QED) is 0.509. The van der Waals surface area contributed by atoms with Crippen LogP contribution in [0.2, 0.25) is 0 Å². The lowest BCUT2D eigenvalue weighted by Gasteiger charge is -1.95. The number of hydrogen-bond acceptors (Lipinski definition) is 4. The second kappa shape index (κ2) is 4.18. The third-order valence-electron chi connectivity index (χ3n) is 1.20. The summed E-state index contributed by atoms with van der Waals surface area (Å²) in [6.45, 7) is 0. The van der Waals surface area contributed by atoms with E-state index in [1.54, 1.807) is 17.5 Å². The van der Waals surface area contributed by atoms with E-state index in [4.69, 9.17) is 0 Å². The normalized spacial score (nSPS) is 9.08. The van der Waals surface area contributed by atoms with Crippen molar-refractivity contribution in [2.75, 3.05) is 7.11 Å². The first-order valence-electron chi connectivity index (χ1n) is 3.08. The number of rotatable bonds is 1. The first-order valence-corrected chi connectivity index (χ1v) is 4.70. The molecule has 0 aromatic carbocycles. The van der Waals surface area contributed by atoms with Crippen molar-refractivity contribution in [1.82, 2.24) is 0 Å². The summed E-state index contributed by atoms with van der Waals surface area (Å²) in [4.78, 5) is 10.9. The summed E-state index contributed by atoms with van der Waals surface area (Å²) in [5.41, 5.74) is 0.473. The highest BCUT2D eigenvalue weighted by Gasteiger charge is 2.02. The zero-order chi connectivity index (χ0) is 8.97. The summed E-state index contributed by atoms with van der Waals surface area (Å²) < 4.78 is 15.4. The molecule has 1 heterocycles. The van der Waals surface area contributed by atoms with Crippen molar-refractivity contribution in [3.8, 4) is 0 Å². The Balaban J connectivity index is 3.08. The van der Waals surface area contributed by atoms with Crippen LogP contribution in [-0.4, -0.2) is 17.3 Å². The Morgan fingerprint density at radius 3 is 2.75 bits per heavy atom. The molecule has 0 aliphatic rings. The van der Waals surface area contributed by atoms with Crippen LogP contribution in [0.5, 0.6) is 0 Å². The van der Waals surface area contributed by atoms with Gasteiger partial charge in [0.15, 0.2) is 0 Å². The minimum Gasteiger partial charge on any atom is -0.465 e. The maximum absolute atomic E-state index is 10.9. The number of carbonyl (C=O) groups excluding carboxylic acids is 1. The molecular weight excluding hydrogens is 196 g/mol. The summed E-state index contributed by atoms with van der Waals surface area (Å²) in [7, 11) is 1.32. The van der Waals surface area contributed by atoms with Crippen LogP contribution in [0.15, 0.2) is 17.5 Å². The standard InChI is InChI=1S/C7H6O3S2/c1-10-7(8)5-2-3-6(12-9)11-4-5/h2-4H,1H3. The van der Waals surface area contributed by atoms with Crippen LogP contribution in [0.25, 0.3) is 0 Å². The van der Waals surface area contributed by atoms with Gasteiger partial charge in [0, 0.05) is 5.38 Å². The Labute approximate surface area is 76.7 Å². The molecule has 3 nitrogen and oxygen atoms in total. The van der Waals surface area contributed by atoms with Gasteiger partial charge < -0.3 is 4.74 Å². The zero-order valence-corrected chi connectivity index (χ0v) is 7.91. The van der Waals surface area contributed by atoms with E-state index >= 15 is 0 Å². The van der Waals surface area contributed by atoms with Crippen LogP contribution in [0.3, 0.4) is 0 Å². The number of hydrogen-bond donors (Lipinski definition) is 0. The fraction of sp³-hybridized carbons (Fsp3) is 0.143. The first-order chi connectivity index (χ1) is 5.77. The van der Waals surface area contributed by atoms with Crippen LogP contribution in [-0.2, 0) is 16.0 Å². The molecule has 0 bridgehead atoms. The molecule has 0 aliphatic heterocycles. The van der Waals surface area contributed by atoms with E-state index in [-0.39, 0.29) is 5.97 Å². The summed E-state index contributed by atoms with van der Waals surface area (Å²) in [5, 5.41) is 1.60. The Hall–Kier alpha value is -0.940. The van der Waals surface area contributed by atoms with Gasteiger partial charge in [-0.15, -0.1) is 11.3 Å². The Bertz CT molecular complexity index is 356. The summed E-state index contributed by atoms with van der Waals surface area (Å²) >= 11 is 1.65. The molecule has 1 rings (SSSR count). The smallest absolute Gasteiger partial charge is 0.338 e. The second-order valence-corrected chi connectivity index (χ2v) is 3.69. The summed E-state index contributed by atoms with van der Waals surface area (Å²) in [6.07, 6.45) is 0. The number of esters is 1. The number of carbonyl (C=O) groups is 1. The van der Waals surface area contributed by atoms with Gasteiger partial charge in [-0.3, -0.25) is 0 Å². The molecule has 5 heteroatoms. The van der Waals surface area contributed by atoms with E-state index in [2.05, 4.69) is 4.74 Å². The predicted octanol–water partition coefficient (Wildman–Crippen LogP) is 1.28. The van der Waals surface area contributed by atoms with Gasteiger partial charge in [-0.25, -0.2) is 9.00 Å². The number of ether oxygens (including phenoxy) is 1. The van der Waals surface area contributed by atoms with Crippen molar-refractivity contribution in [2.24, 2.45) is 0 Å². The van der Waals surface area contributed by atoms with E-state index in [1.807, 2.05) is 0 Å². The molecule has 0 spiro atoms. The fourth-order valence-electron chi connectivity index (χ4n) is 0.639. The fourth-order valence-corrected chi connectivity index (χ4v) is 1.63. The largest absolute Gasteiger partial charge is 0.465 e. The molecule has 0 fully saturated rings. The van der Waals surface area contributed by atoms with Crippen LogP contribution in [0, 0.1) is 3.82 Å². The molecule has 1 aromatic heterocycles. The molecule has 0 radical (unpaired) electrons. The molecule has 64 valence electrons. The number of methoxy groups -OCH3 is 1. The van der Waals surface area contributed by atoms with Gasteiger partial charge in [-0.1, -0.05) is 0 Å². The lowest BCUT2D eigenvalue weighted by molar-refractivity contribution is 0.0601. The molecule has 0 aliphatic carbocycles. The van der Waals surface area contributed by atoms with Crippen molar-refractivity contribution in [3.63, 3.8) is 0 Å². The molecular formula is C7H6O3S2. The van der Waals surface area contributed by atoms with E-state index in [1.165, 1.54) is 18.4 Å². The topological polar surface area (TPSA) is 43.4 Å². The van der Waals surface area contributed by atoms with Gasteiger partial charge in [0.2, 0.25) is 0 Å². The molecule has 12 heavy (non-hydrogen) atoms. The predicted molar refractivity (Wildman–Crippen MR) is 47.0 cm³/mol. The van der Waals surface area contributed by atoms with E-state index in [0.717, 1.165) is 0 Å².